The Morgan fingerprint density at radius 2 is 1.87 bits per heavy atom. The van der Waals surface area contributed by atoms with Crippen molar-refractivity contribution in [3.05, 3.63) is 95.6 Å². The van der Waals surface area contributed by atoms with Gasteiger partial charge in [0.05, 0.1) is 13.2 Å². The highest BCUT2D eigenvalue weighted by Gasteiger charge is 2.09. The summed E-state index contributed by atoms with van der Waals surface area (Å²) >= 11 is 0. The molecule has 1 heterocycles. The summed E-state index contributed by atoms with van der Waals surface area (Å²) in [7, 11) is 1.65. The van der Waals surface area contributed by atoms with Gasteiger partial charge in [0.15, 0.2) is 0 Å². The van der Waals surface area contributed by atoms with Crippen LogP contribution in [0.15, 0.2) is 77.9 Å². The van der Waals surface area contributed by atoms with E-state index in [1.165, 1.54) is 12.3 Å². The van der Waals surface area contributed by atoms with Crippen molar-refractivity contribution in [3.8, 4) is 11.5 Å². The molecule has 0 spiro atoms. The van der Waals surface area contributed by atoms with Gasteiger partial charge in [0.1, 0.15) is 18.1 Å². The fourth-order valence-corrected chi connectivity index (χ4v) is 3.29. The van der Waals surface area contributed by atoms with Crippen LogP contribution in [-0.4, -0.2) is 23.8 Å². The van der Waals surface area contributed by atoms with Crippen molar-refractivity contribution in [2.75, 3.05) is 7.11 Å². The van der Waals surface area contributed by atoms with Crippen LogP contribution in [0, 0.1) is 5.95 Å². The third kappa shape index (κ3) is 6.25. The predicted octanol–water partition coefficient (Wildman–Crippen LogP) is 6.11. The first-order chi connectivity index (χ1) is 15.0. The number of pyridine rings is 1. The summed E-state index contributed by atoms with van der Waals surface area (Å²) in [6.45, 7) is 6.44. The van der Waals surface area contributed by atoms with E-state index in [1.54, 1.807) is 13.2 Å². The van der Waals surface area contributed by atoms with E-state index in [0.717, 1.165) is 39.5 Å². The molecule has 160 valence electrons. The molecule has 3 rings (SSSR count). The van der Waals surface area contributed by atoms with Gasteiger partial charge in [0, 0.05) is 29.1 Å². The summed E-state index contributed by atoms with van der Waals surface area (Å²) < 4.78 is 24.5. The van der Waals surface area contributed by atoms with Crippen LogP contribution >= 0.6 is 0 Å². The van der Waals surface area contributed by atoms with Gasteiger partial charge in [-0.15, -0.1) is 0 Å². The third-order valence-corrected chi connectivity index (χ3v) is 4.88. The Labute approximate surface area is 183 Å². The number of halogens is 1. The Morgan fingerprint density at radius 3 is 2.55 bits per heavy atom. The van der Waals surface area contributed by atoms with Crippen LogP contribution < -0.4 is 9.47 Å². The molecule has 0 saturated heterocycles. The second-order valence-electron chi connectivity index (χ2n) is 7.31. The van der Waals surface area contributed by atoms with Gasteiger partial charge in [0.2, 0.25) is 5.95 Å². The molecular formula is C26H27FN2O2. The van der Waals surface area contributed by atoms with E-state index in [4.69, 9.17) is 14.5 Å². The van der Waals surface area contributed by atoms with Crippen molar-refractivity contribution >= 4 is 11.3 Å². The summed E-state index contributed by atoms with van der Waals surface area (Å²) in [6, 6.07) is 18.8. The van der Waals surface area contributed by atoms with Gasteiger partial charge < -0.3 is 9.47 Å². The van der Waals surface area contributed by atoms with Gasteiger partial charge in [-0.2, -0.15) is 4.39 Å². The molecular weight excluding hydrogens is 391 g/mol. The monoisotopic (exact) mass is 418 g/mol. The topological polar surface area (TPSA) is 43.7 Å². The molecule has 0 fully saturated rings. The summed E-state index contributed by atoms with van der Waals surface area (Å²) in [5.74, 6) is 1.00. The summed E-state index contributed by atoms with van der Waals surface area (Å²) in [5.41, 5.74) is 4.75. The summed E-state index contributed by atoms with van der Waals surface area (Å²) in [6.07, 6.45) is 3.57. The molecule has 5 heteroatoms. The minimum absolute atomic E-state index is 0.0660. The lowest BCUT2D eigenvalue weighted by molar-refractivity contribution is 0.303. The van der Waals surface area contributed by atoms with Gasteiger partial charge in [-0.05, 0) is 56.2 Å². The minimum atomic E-state index is -0.497. The molecule has 1 atom stereocenters. The highest BCUT2D eigenvalue weighted by atomic mass is 19.1. The molecule has 31 heavy (non-hydrogen) atoms. The molecule has 2 aromatic carbocycles. The van der Waals surface area contributed by atoms with Crippen LogP contribution in [0.2, 0.25) is 0 Å². The molecule has 3 aromatic rings. The number of hydrogen-bond donors (Lipinski definition) is 0. The first-order valence-corrected chi connectivity index (χ1v) is 10.2. The van der Waals surface area contributed by atoms with Gasteiger partial charge in [-0.1, -0.05) is 36.4 Å². The van der Waals surface area contributed by atoms with Crippen LogP contribution in [0.3, 0.4) is 0 Å². The normalized spacial score (nSPS) is 13.1. The second-order valence-corrected chi connectivity index (χ2v) is 7.31. The van der Waals surface area contributed by atoms with Gasteiger partial charge >= 0.3 is 0 Å². The van der Waals surface area contributed by atoms with Gasteiger partial charge in [0.25, 0.3) is 0 Å². The van der Waals surface area contributed by atoms with Crippen LogP contribution in [0.4, 0.5) is 4.39 Å². The van der Waals surface area contributed by atoms with E-state index in [1.807, 2.05) is 69.3 Å². The van der Waals surface area contributed by atoms with Crippen LogP contribution in [0.5, 0.6) is 11.5 Å². The number of aliphatic imine (C=N–C) groups is 1. The van der Waals surface area contributed by atoms with E-state index in [2.05, 4.69) is 11.1 Å². The van der Waals surface area contributed by atoms with Crippen molar-refractivity contribution in [2.45, 2.75) is 33.4 Å². The number of hydrogen-bond acceptors (Lipinski definition) is 4. The zero-order chi connectivity index (χ0) is 22.2. The van der Waals surface area contributed by atoms with Crippen LogP contribution in [-0.2, 0) is 6.61 Å². The number of allylic oxidation sites excluding steroid dienone is 1. The average molecular weight is 419 g/mol. The fourth-order valence-electron chi connectivity index (χ4n) is 3.29. The second kappa shape index (κ2) is 10.5. The Balaban J connectivity index is 1.73. The number of aromatic nitrogens is 1. The maximum Gasteiger partial charge on any atom is 0.212 e. The van der Waals surface area contributed by atoms with Crippen molar-refractivity contribution in [2.24, 2.45) is 4.99 Å². The number of benzene rings is 2. The zero-order valence-corrected chi connectivity index (χ0v) is 18.3. The third-order valence-electron chi connectivity index (χ3n) is 4.88. The van der Waals surface area contributed by atoms with E-state index in [9.17, 15) is 4.39 Å². The summed E-state index contributed by atoms with van der Waals surface area (Å²) in [5, 5.41) is 0. The van der Waals surface area contributed by atoms with Gasteiger partial charge in [-0.3, -0.25) is 4.99 Å². The average Bonchev–Trinajstić information content (AvgIpc) is 2.78. The molecule has 0 saturated carbocycles. The van der Waals surface area contributed by atoms with Crippen molar-refractivity contribution in [1.82, 2.24) is 4.98 Å². The predicted molar refractivity (Wildman–Crippen MR) is 123 cm³/mol. The first-order valence-electron chi connectivity index (χ1n) is 10.2. The Kier molecular flexibility index (Phi) is 7.55. The van der Waals surface area contributed by atoms with Crippen molar-refractivity contribution in [3.63, 3.8) is 0 Å². The number of nitrogens with zero attached hydrogens (tertiary/aromatic N) is 2. The first kappa shape index (κ1) is 22.2. The zero-order valence-electron chi connectivity index (χ0n) is 18.3. The highest BCUT2D eigenvalue weighted by Crippen LogP contribution is 2.31. The molecule has 1 unspecified atom stereocenters. The Bertz CT molecular complexity index is 1060. The van der Waals surface area contributed by atoms with E-state index in [-0.39, 0.29) is 6.04 Å². The number of ether oxygens (including phenoxy) is 2. The molecule has 1 aromatic heterocycles. The smallest absolute Gasteiger partial charge is 0.212 e. The fraction of sp³-hybridized carbons (Fsp3) is 0.231. The van der Waals surface area contributed by atoms with Crippen LogP contribution in [0.1, 0.15) is 37.5 Å². The minimum Gasteiger partial charge on any atom is -0.496 e. The summed E-state index contributed by atoms with van der Waals surface area (Å²) in [4.78, 5) is 8.38. The lowest BCUT2D eigenvalue weighted by Gasteiger charge is -2.13. The van der Waals surface area contributed by atoms with Gasteiger partial charge in [-0.25, -0.2) is 4.98 Å². The molecule has 0 bridgehead atoms. The van der Waals surface area contributed by atoms with E-state index in [0.29, 0.717) is 6.61 Å². The lowest BCUT2D eigenvalue weighted by atomic mass is 10.0. The highest BCUT2D eigenvalue weighted by molar-refractivity contribution is 5.98. The lowest BCUT2D eigenvalue weighted by Crippen LogP contribution is -2.03. The molecule has 0 amide bonds. The maximum atomic E-state index is 13.0. The largest absolute Gasteiger partial charge is 0.496 e. The Morgan fingerprint density at radius 1 is 1.10 bits per heavy atom. The van der Waals surface area contributed by atoms with Crippen molar-refractivity contribution in [1.29, 1.82) is 0 Å². The molecule has 0 aliphatic heterocycles. The van der Waals surface area contributed by atoms with E-state index < -0.39 is 5.95 Å². The molecule has 0 radical (unpaired) electrons. The molecule has 0 aliphatic carbocycles. The van der Waals surface area contributed by atoms with E-state index >= 15 is 0 Å². The molecule has 4 nitrogen and oxygen atoms in total. The number of rotatable bonds is 8. The number of methoxy groups -OCH3 is 1. The molecule has 0 aliphatic rings. The Hall–Kier alpha value is -3.47. The van der Waals surface area contributed by atoms with Crippen molar-refractivity contribution < 1.29 is 13.9 Å². The molecule has 0 N–H and O–H groups in total. The SMILES string of the molecule is COc1cc(OCc2ccccc2)ccc1/C(C)=C\C(C)N=C(C)c1ccc(F)nc1. The maximum absolute atomic E-state index is 13.0. The standard InChI is InChI=1S/C26H27FN2O2/c1-18(14-19(2)29-20(3)22-10-13-26(27)28-16-22)24-12-11-23(15-25(24)30-4)31-17-21-8-6-5-7-9-21/h5-16,19H,17H2,1-4H3/b18-14-,29-20?. The quantitative estimate of drug-likeness (QED) is 0.327. The van der Waals surface area contributed by atoms with Crippen LogP contribution in [0.25, 0.3) is 5.57 Å².